The molecule has 0 aromatic rings. The minimum absolute atomic E-state index is 0. The Morgan fingerprint density at radius 1 is 0.438 bits per heavy atom. The summed E-state index contributed by atoms with van der Waals surface area (Å²) in [4.78, 5) is 0. The van der Waals surface area contributed by atoms with Gasteiger partial charge in [0.2, 0.25) is 0 Å². The first-order valence-corrected chi connectivity index (χ1v) is 14.8. The summed E-state index contributed by atoms with van der Waals surface area (Å²) in [6.45, 7) is 13.3. The van der Waals surface area contributed by atoms with Crippen molar-refractivity contribution in [1.82, 2.24) is 0 Å². The third-order valence-electron chi connectivity index (χ3n) is 7.20. The second-order valence-corrected chi connectivity index (χ2v) is 10.1. The molecule has 0 aliphatic heterocycles. The molecule has 0 N–H and O–H groups in total. The van der Waals surface area contributed by atoms with E-state index in [1.807, 2.05) is 0 Å². The van der Waals surface area contributed by atoms with E-state index in [0.29, 0.717) is 0 Å². The number of halogens is 1. The van der Waals surface area contributed by atoms with E-state index in [-0.39, 0.29) is 17.0 Å². The van der Waals surface area contributed by atoms with Crippen LogP contribution in [0.1, 0.15) is 163 Å². The summed E-state index contributed by atoms with van der Waals surface area (Å²) in [5.74, 6) is 0. The van der Waals surface area contributed by atoms with Crippen molar-refractivity contribution in [2.24, 2.45) is 0 Å². The molecule has 0 atom stereocenters. The number of hydrogen-bond acceptors (Lipinski definition) is 0. The Bertz CT molecular complexity index is 342. The molecule has 0 aliphatic carbocycles. The molecule has 0 rings (SSSR count). The van der Waals surface area contributed by atoms with E-state index in [9.17, 15) is 0 Å². The van der Waals surface area contributed by atoms with Crippen LogP contribution in [0, 0.1) is 0 Å². The zero-order valence-electron chi connectivity index (χ0n) is 23.0. The molecule has 0 heterocycles. The van der Waals surface area contributed by atoms with Gasteiger partial charge in [-0.25, -0.2) is 0 Å². The van der Waals surface area contributed by atoms with E-state index in [0.717, 1.165) is 0 Å². The molecule has 0 spiro atoms. The highest BCUT2D eigenvalue weighted by atomic mass is 79.9. The van der Waals surface area contributed by atoms with Crippen molar-refractivity contribution in [3.63, 3.8) is 0 Å². The number of quaternary nitrogens is 1. The van der Waals surface area contributed by atoms with Crippen molar-refractivity contribution in [3.05, 3.63) is 12.3 Å². The van der Waals surface area contributed by atoms with Crippen molar-refractivity contribution in [1.29, 1.82) is 0 Å². The Kier molecular flexibility index (Phi) is 29.4. The predicted octanol–water partition coefficient (Wildman–Crippen LogP) is 7.59. The lowest BCUT2D eigenvalue weighted by atomic mass is 10.1. The largest absolute Gasteiger partial charge is 1.00 e. The minimum atomic E-state index is 0. The zero-order chi connectivity index (χ0) is 22.9. The van der Waals surface area contributed by atoms with Gasteiger partial charge >= 0.3 is 0 Å². The highest BCUT2D eigenvalue weighted by Gasteiger charge is 2.21. The van der Waals surface area contributed by atoms with Crippen molar-refractivity contribution >= 4 is 0 Å². The van der Waals surface area contributed by atoms with Gasteiger partial charge in [-0.3, -0.25) is 4.48 Å². The number of nitrogens with zero attached hydrogens (tertiary/aromatic N) is 1. The van der Waals surface area contributed by atoms with Crippen LogP contribution in [0.5, 0.6) is 0 Å². The molecule has 1 nitrogen and oxygen atoms in total. The monoisotopic (exact) mass is 515 g/mol. The molecule has 32 heavy (non-hydrogen) atoms. The van der Waals surface area contributed by atoms with Crippen molar-refractivity contribution in [2.45, 2.75) is 163 Å². The lowest BCUT2D eigenvalue weighted by Gasteiger charge is -2.34. The average Bonchev–Trinajstić information content (AvgIpc) is 2.79. The summed E-state index contributed by atoms with van der Waals surface area (Å²) in [7, 11) is 0. The maximum atomic E-state index is 2.56. The molecule has 0 amide bonds. The second kappa shape index (κ2) is 27.4. The first-order valence-electron chi connectivity index (χ1n) is 14.8. The summed E-state index contributed by atoms with van der Waals surface area (Å²) in [6, 6.07) is 0. The fourth-order valence-corrected chi connectivity index (χ4v) is 4.84. The van der Waals surface area contributed by atoms with Crippen LogP contribution in [-0.2, 0) is 0 Å². The fraction of sp³-hybridized carbons (Fsp3) is 0.933. The first-order chi connectivity index (χ1) is 15.2. The highest BCUT2D eigenvalue weighted by molar-refractivity contribution is 4.73. The lowest BCUT2D eigenvalue weighted by Crippen LogP contribution is -3.00. The Morgan fingerprint density at radius 3 is 1.03 bits per heavy atom. The van der Waals surface area contributed by atoms with Gasteiger partial charge < -0.3 is 17.0 Å². The van der Waals surface area contributed by atoms with E-state index < -0.39 is 0 Å². The van der Waals surface area contributed by atoms with Crippen LogP contribution in [0.3, 0.4) is 0 Å². The van der Waals surface area contributed by atoms with Gasteiger partial charge in [-0.15, -0.1) is 0 Å². The van der Waals surface area contributed by atoms with Gasteiger partial charge in [0.25, 0.3) is 0 Å². The van der Waals surface area contributed by atoms with Gasteiger partial charge in [0.15, 0.2) is 0 Å². The Labute approximate surface area is 215 Å². The van der Waals surface area contributed by atoms with Crippen molar-refractivity contribution < 1.29 is 21.5 Å². The Hall–Kier alpha value is 0.180. The van der Waals surface area contributed by atoms with Crippen LogP contribution in [0.15, 0.2) is 12.3 Å². The molecule has 0 aromatic heterocycles. The summed E-state index contributed by atoms with van der Waals surface area (Å²) in [5, 5.41) is 0. The highest BCUT2D eigenvalue weighted by Crippen LogP contribution is 2.18. The van der Waals surface area contributed by atoms with Gasteiger partial charge in [-0.1, -0.05) is 124 Å². The molecule has 194 valence electrons. The molecule has 0 radical (unpaired) electrons. The summed E-state index contributed by atoms with van der Waals surface area (Å²) < 4.78 is 1.24. The summed E-state index contributed by atoms with van der Waals surface area (Å²) >= 11 is 0. The number of hydrogen-bond donors (Lipinski definition) is 0. The van der Waals surface area contributed by atoms with Crippen LogP contribution < -0.4 is 17.0 Å². The van der Waals surface area contributed by atoms with E-state index in [1.165, 1.54) is 159 Å². The number of allylic oxidation sites excluding steroid dienone is 1. The topological polar surface area (TPSA) is 0 Å². The Morgan fingerprint density at radius 2 is 0.750 bits per heavy atom. The van der Waals surface area contributed by atoms with Crippen LogP contribution in [0.4, 0.5) is 0 Å². The van der Waals surface area contributed by atoms with Crippen LogP contribution >= 0.6 is 0 Å². The SMILES string of the molecule is CCC=C[N+](CC)(CCCCCCCCCCCC)CCCCCCCCCCCC.[Br-]. The van der Waals surface area contributed by atoms with E-state index in [1.54, 1.807) is 0 Å². The molecular weight excluding hydrogens is 454 g/mol. The van der Waals surface area contributed by atoms with Gasteiger partial charge in [-0.2, -0.15) is 0 Å². The molecule has 0 aliphatic rings. The number of rotatable bonds is 25. The normalized spacial score (nSPS) is 11.9. The predicted molar refractivity (Wildman–Crippen MR) is 144 cm³/mol. The summed E-state index contributed by atoms with van der Waals surface area (Å²) in [5.41, 5.74) is 0. The molecule has 0 aromatic carbocycles. The van der Waals surface area contributed by atoms with E-state index in [4.69, 9.17) is 0 Å². The molecule has 0 unspecified atom stereocenters. The van der Waals surface area contributed by atoms with Gasteiger partial charge in [0.05, 0.1) is 25.8 Å². The smallest absolute Gasteiger partial charge is 0.0917 e. The molecule has 2 heteroatoms. The van der Waals surface area contributed by atoms with Crippen LogP contribution in [-0.4, -0.2) is 24.1 Å². The third kappa shape index (κ3) is 22.0. The average molecular weight is 517 g/mol. The fourth-order valence-electron chi connectivity index (χ4n) is 4.84. The van der Waals surface area contributed by atoms with Gasteiger partial charge in [-0.05, 0) is 45.1 Å². The van der Waals surface area contributed by atoms with Crippen molar-refractivity contribution in [3.8, 4) is 0 Å². The van der Waals surface area contributed by atoms with Gasteiger partial charge in [0.1, 0.15) is 0 Å². The molecule has 0 fully saturated rings. The first kappa shape index (κ1) is 34.3. The van der Waals surface area contributed by atoms with E-state index >= 15 is 0 Å². The van der Waals surface area contributed by atoms with Crippen LogP contribution in [0.25, 0.3) is 0 Å². The second-order valence-electron chi connectivity index (χ2n) is 10.1. The minimum Gasteiger partial charge on any atom is -1.00 e. The summed E-state index contributed by atoms with van der Waals surface area (Å²) in [6.07, 6.45) is 35.0. The zero-order valence-corrected chi connectivity index (χ0v) is 24.5. The quantitative estimate of drug-likeness (QED) is 0.0866. The van der Waals surface area contributed by atoms with Crippen LogP contribution in [0.2, 0.25) is 0 Å². The standard InChI is InChI=1S/C30H62N.BrH/c1-5-9-12-14-16-18-20-22-24-26-29-31(8-4,28-11-7-3)30-27-25-23-21-19-17-15-13-10-6-2;/h11,28H,5-10,12-27,29-30H2,1-4H3;1H/q+1;/p-1. The maximum Gasteiger partial charge on any atom is 0.0917 e. The molecule has 0 saturated carbocycles. The number of unbranched alkanes of at least 4 members (excludes halogenated alkanes) is 18. The molecular formula is C30H62BrN. The third-order valence-corrected chi connectivity index (χ3v) is 7.20. The molecule has 0 bridgehead atoms. The van der Waals surface area contributed by atoms with Crippen molar-refractivity contribution in [2.75, 3.05) is 19.6 Å². The maximum absolute atomic E-state index is 2.56. The lowest BCUT2D eigenvalue weighted by molar-refractivity contribution is -0.878. The van der Waals surface area contributed by atoms with Gasteiger partial charge in [0, 0.05) is 0 Å². The molecule has 0 saturated heterocycles. The Balaban J connectivity index is 0. The van der Waals surface area contributed by atoms with E-state index in [2.05, 4.69) is 40.0 Å².